The van der Waals surface area contributed by atoms with E-state index in [9.17, 15) is 4.79 Å². The molecule has 3 fully saturated rings. The average Bonchev–Trinajstić information content (AvgIpc) is 2.80. The number of fused-ring (bicyclic) bond motifs is 1. The van der Waals surface area contributed by atoms with Gasteiger partial charge in [0.05, 0.1) is 6.10 Å². The van der Waals surface area contributed by atoms with E-state index in [0.29, 0.717) is 29.9 Å². The molecule has 0 spiro atoms. The number of carbonyl (C=O) groups is 1. The molecule has 19 heavy (non-hydrogen) atoms. The first kappa shape index (κ1) is 13.4. The number of nitrogens with zero attached hydrogens (tertiary/aromatic N) is 1. The van der Waals surface area contributed by atoms with Crippen LogP contribution in [0.4, 0.5) is 0 Å². The van der Waals surface area contributed by atoms with Crippen LogP contribution in [-0.2, 0) is 9.53 Å². The van der Waals surface area contributed by atoms with Crippen molar-refractivity contribution in [1.82, 2.24) is 10.2 Å². The fraction of sp³-hybridized carbons (Fsp3) is 0.933. The molecule has 3 rings (SSSR count). The molecule has 1 saturated carbocycles. The lowest BCUT2D eigenvalue weighted by molar-refractivity contribution is -0.133. The van der Waals surface area contributed by atoms with Crippen molar-refractivity contribution >= 4 is 5.91 Å². The second-order valence-electron chi connectivity index (χ2n) is 6.38. The number of likely N-dealkylation sites (tertiary alicyclic amines) is 1. The summed E-state index contributed by atoms with van der Waals surface area (Å²) in [5.74, 6) is 1.64. The molecule has 2 heterocycles. The van der Waals surface area contributed by atoms with Crippen molar-refractivity contribution in [2.24, 2.45) is 11.8 Å². The van der Waals surface area contributed by atoms with Gasteiger partial charge in [-0.3, -0.25) is 4.79 Å². The molecule has 2 saturated heterocycles. The summed E-state index contributed by atoms with van der Waals surface area (Å²) >= 11 is 0. The lowest BCUT2D eigenvalue weighted by atomic mass is 9.80. The van der Waals surface area contributed by atoms with Crippen LogP contribution in [0.1, 0.15) is 39.0 Å². The highest BCUT2D eigenvalue weighted by molar-refractivity contribution is 5.77. The molecule has 0 radical (unpaired) electrons. The number of carbonyl (C=O) groups excluding carboxylic acids is 1. The zero-order chi connectivity index (χ0) is 13.2. The second-order valence-corrected chi connectivity index (χ2v) is 6.38. The number of rotatable bonds is 4. The van der Waals surface area contributed by atoms with E-state index in [1.165, 1.54) is 12.8 Å². The Kier molecular flexibility index (Phi) is 4.08. The molecule has 4 heteroatoms. The Morgan fingerprint density at radius 2 is 2.21 bits per heavy atom. The molecule has 2 aliphatic heterocycles. The van der Waals surface area contributed by atoms with Gasteiger partial charge in [0.15, 0.2) is 0 Å². The van der Waals surface area contributed by atoms with Crippen LogP contribution in [0.3, 0.4) is 0 Å². The van der Waals surface area contributed by atoms with Crippen molar-refractivity contribution < 1.29 is 9.53 Å². The Labute approximate surface area is 115 Å². The number of piperidine rings is 1. The first-order chi connectivity index (χ1) is 9.26. The fourth-order valence-electron chi connectivity index (χ4n) is 3.84. The van der Waals surface area contributed by atoms with Crippen LogP contribution in [0, 0.1) is 11.8 Å². The van der Waals surface area contributed by atoms with Gasteiger partial charge in [-0.05, 0) is 51.0 Å². The maximum atomic E-state index is 12.3. The van der Waals surface area contributed by atoms with E-state index in [4.69, 9.17) is 4.74 Å². The normalized spacial score (nSPS) is 37.8. The molecule has 108 valence electrons. The third-order valence-corrected chi connectivity index (χ3v) is 5.01. The summed E-state index contributed by atoms with van der Waals surface area (Å²) < 4.78 is 5.56. The molecular weight excluding hydrogens is 240 g/mol. The Morgan fingerprint density at radius 1 is 1.37 bits per heavy atom. The summed E-state index contributed by atoms with van der Waals surface area (Å²) in [6.07, 6.45) is 5.88. The largest absolute Gasteiger partial charge is 0.378 e. The van der Waals surface area contributed by atoms with Gasteiger partial charge in [-0.15, -0.1) is 0 Å². The van der Waals surface area contributed by atoms with Crippen molar-refractivity contribution in [3.8, 4) is 0 Å². The monoisotopic (exact) mass is 266 g/mol. The SMILES string of the molecule is CCOC1CC(CC(=O)N2CC3CCCNC3C2)C1. The van der Waals surface area contributed by atoms with Crippen LogP contribution in [0.25, 0.3) is 0 Å². The van der Waals surface area contributed by atoms with Gasteiger partial charge in [-0.2, -0.15) is 0 Å². The van der Waals surface area contributed by atoms with Gasteiger partial charge in [-0.1, -0.05) is 0 Å². The number of nitrogens with one attached hydrogen (secondary N) is 1. The maximum absolute atomic E-state index is 12.3. The Bertz CT molecular complexity index is 314. The molecule has 4 nitrogen and oxygen atoms in total. The van der Waals surface area contributed by atoms with Gasteiger partial charge >= 0.3 is 0 Å². The van der Waals surface area contributed by atoms with Crippen molar-refractivity contribution in [2.45, 2.75) is 51.2 Å². The van der Waals surface area contributed by atoms with Crippen LogP contribution in [-0.4, -0.2) is 49.2 Å². The zero-order valence-corrected chi connectivity index (χ0v) is 11.9. The van der Waals surface area contributed by atoms with E-state index in [1.54, 1.807) is 0 Å². The minimum absolute atomic E-state index is 0.371. The molecule has 2 atom stereocenters. The summed E-state index contributed by atoms with van der Waals surface area (Å²) in [6.45, 7) is 5.88. The Morgan fingerprint density at radius 3 is 2.95 bits per heavy atom. The van der Waals surface area contributed by atoms with Gasteiger partial charge in [0.1, 0.15) is 0 Å². The predicted octanol–water partition coefficient (Wildman–Crippen LogP) is 1.40. The molecule has 0 aromatic rings. The summed E-state index contributed by atoms with van der Waals surface area (Å²) in [4.78, 5) is 14.4. The van der Waals surface area contributed by atoms with E-state index in [-0.39, 0.29) is 0 Å². The predicted molar refractivity (Wildman–Crippen MR) is 73.8 cm³/mol. The Balaban J connectivity index is 1.42. The third-order valence-electron chi connectivity index (χ3n) is 5.01. The lowest BCUT2D eigenvalue weighted by Crippen LogP contribution is -2.41. The minimum Gasteiger partial charge on any atom is -0.378 e. The molecule has 1 amide bonds. The van der Waals surface area contributed by atoms with E-state index in [1.807, 2.05) is 6.92 Å². The standard InChI is InChI=1S/C15H26N2O2/c1-2-19-13-6-11(7-13)8-15(18)17-9-12-4-3-5-16-14(12)10-17/h11-14,16H,2-10H2,1H3. The van der Waals surface area contributed by atoms with Crippen molar-refractivity contribution in [3.05, 3.63) is 0 Å². The van der Waals surface area contributed by atoms with Gasteiger partial charge in [0.25, 0.3) is 0 Å². The number of ether oxygens (including phenoxy) is 1. The first-order valence-electron chi connectivity index (χ1n) is 7.89. The van der Waals surface area contributed by atoms with Crippen LogP contribution in [0.5, 0.6) is 0 Å². The van der Waals surface area contributed by atoms with Gasteiger partial charge < -0.3 is 15.0 Å². The highest BCUT2D eigenvalue weighted by Crippen LogP contribution is 2.34. The van der Waals surface area contributed by atoms with Gasteiger partial charge in [0, 0.05) is 32.2 Å². The molecule has 1 N–H and O–H groups in total. The number of hydrogen-bond donors (Lipinski definition) is 1. The summed E-state index contributed by atoms with van der Waals surface area (Å²) in [5, 5.41) is 3.56. The average molecular weight is 266 g/mol. The van der Waals surface area contributed by atoms with E-state index in [0.717, 1.165) is 45.5 Å². The molecule has 0 bridgehead atoms. The third kappa shape index (κ3) is 2.95. The van der Waals surface area contributed by atoms with Gasteiger partial charge in [-0.25, -0.2) is 0 Å². The molecule has 2 unspecified atom stereocenters. The van der Waals surface area contributed by atoms with Crippen LogP contribution in [0.15, 0.2) is 0 Å². The quantitative estimate of drug-likeness (QED) is 0.836. The van der Waals surface area contributed by atoms with Gasteiger partial charge in [0.2, 0.25) is 5.91 Å². The molecular formula is C15H26N2O2. The maximum Gasteiger partial charge on any atom is 0.222 e. The molecule has 0 aromatic heterocycles. The summed E-state index contributed by atoms with van der Waals surface area (Å²) in [5.41, 5.74) is 0. The van der Waals surface area contributed by atoms with E-state index in [2.05, 4.69) is 10.2 Å². The van der Waals surface area contributed by atoms with Crippen LogP contribution >= 0.6 is 0 Å². The fourth-order valence-corrected chi connectivity index (χ4v) is 3.84. The number of amides is 1. The van der Waals surface area contributed by atoms with Crippen molar-refractivity contribution in [2.75, 3.05) is 26.2 Å². The Hall–Kier alpha value is -0.610. The topological polar surface area (TPSA) is 41.6 Å². The first-order valence-corrected chi connectivity index (χ1v) is 7.89. The van der Waals surface area contributed by atoms with E-state index < -0.39 is 0 Å². The minimum atomic E-state index is 0.371. The molecule has 1 aliphatic carbocycles. The zero-order valence-electron chi connectivity index (χ0n) is 11.9. The number of hydrogen-bond acceptors (Lipinski definition) is 3. The smallest absolute Gasteiger partial charge is 0.222 e. The summed E-state index contributed by atoms with van der Waals surface area (Å²) in [7, 11) is 0. The highest BCUT2D eigenvalue weighted by Gasteiger charge is 2.38. The highest BCUT2D eigenvalue weighted by atomic mass is 16.5. The molecule has 0 aromatic carbocycles. The van der Waals surface area contributed by atoms with Crippen molar-refractivity contribution in [3.63, 3.8) is 0 Å². The van der Waals surface area contributed by atoms with Crippen LogP contribution < -0.4 is 5.32 Å². The lowest BCUT2D eigenvalue weighted by Gasteiger charge is -2.35. The van der Waals surface area contributed by atoms with E-state index >= 15 is 0 Å². The van der Waals surface area contributed by atoms with Crippen LogP contribution in [0.2, 0.25) is 0 Å². The molecule has 3 aliphatic rings. The second kappa shape index (κ2) is 5.80. The van der Waals surface area contributed by atoms with Crippen molar-refractivity contribution in [1.29, 1.82) is 0 Å². The summed E-state index contributed by atoms with van der Waals surface area (Å²) in [6, 6.07) is 0.565.